The molecule has 4 aromatic carbocycles. The third-order valence-electron chi connectivity index (χ3n) is 6.07. The molecule has 0 spiro atoms. The van der Waals surface area contributed by atoms with Crippen molar-refractivity contribution < 1.29 is 19.4 Å². The Balaban J connectivity index is 1.78. The second kappa shape index (κ2) is 9.28. The largest absolute Gasteiger partial charge is 0.507 e. The van der Waals surface area contributed by atoms with Crippen LogP contribution in [0.3, 0.4) is 0 Å². The molecule has 1 saturated heterocycles. The summed E-state index contributed by atoms with van der Waals surface area (Å²) in [4.78, 5) is 28.3. The molecule has 0 aliphatic carbocycles. The Morgan fingerprint density at radius 2 is 1.69 bits per heavy atom. The van der Waals surface area contributed by atoms with Gasteiger partial charge in [-0.25, -0.2) is 0 Å². The van der Waals surface area contributed by atoms with Crippen molar-refractivity contribution in [1.82, 2.24) is 0 Å². The number of fused-ring (bicyclic) bond motifs is 1. The lowest BCUT2D eigenvalue weighted by Gasteiger charge is -2.26. The summed E-state index contributed by atoms with van der Waals surface area (Å²) < 4.78 is 5.57. The molecule has 1 atom stereocenters. The molecule has 5 nitrogen and oxygen atoms in total. The van der Waals surface area contributed by atoms with Crippen LogP contribution in [0.5, 0.6) is 5.75 Å². The molecule has 0 radical (unpaired) electrons. The molecule has 0 bridgehead atoms. The number of nitrogens with zero attached hydrogens (tertiary/aromatic N) is 1. The van der Waals surface area contributed by atoms with Crippen molar-refractivity contribution >= 4 is 45.5 Å². The molecule has 1 N–H and O–H groups in total. The van der Waals surface area contributed by atoms with E-state index >= 15 is 0 Å². The highest BCUT2D eigenvalue weighted by atomic mass is 35.5. The summed E-state index contributed by atoms with van der Waals surface area (Å²) in [6.45, 7) is 2.32. The summed E-state index contributed by atoms with van der Waals surface area (Å²) in [5.41, 5.74) is 1.61. The van der Waals surface area contributed by atoms with Crippen LogP contribution in [0.25, 0.3) is 16.5 Å². The lowest BCUT2D eigenvalue weighted by molar-refractivity contribution is -0.132. The van der Waals surface area contributed by atoms with Gasteiger partial charge in [0, 0.05) is 16.3 Å². The Bertz CT molecular complexity index is 1490. The normalized spacial score (nSPS) is 17.2. The Morgan fingerprint density at radius 3 is 2.49 bits per heavy atom. The number of hydrogen-bond acceptors (Lipinski definition) is 4. The number of carbonyl (C=O) groups is 2. The summed E-state index contributed by atoms with van der Waals surface area (Å²) in [7, 11) is 0. The quantitative estimate of drug-likeness (QED) is 0.199. The molecule has 1 fully saturated rings. The van der Waals surface area contributed by atoms with E-state index in [1.165, 1.54) is 4.90 Å². The molecular weight excluding hydrogens is 462 g/mol. The van der Waals surface area contributed by atoms with Gasteiger partial charge in [0.2, 0.25) is 0 Å². The van der Waals surface area contributed by atoms with E-state index in [1.807, 2.05) is 49.4 Å². The highest BCUT2D eigenvalue weighted by Crippen LogP contribution is 2.44. The lowest BCUT2D eigenvalue weighted by Crippen LogP contribution is -2.29. The van der Waals surface area contributed by atoms with Gasteiger partial charge in [-0.15, -0.1) is 0 Å². The predicted molar refractivity (Wildman–Crippen MR) is 138 cm³/mol. The summed E-state index contributed by atoms with van der Waals surface area (Å²) in [5.74, 6) is -1.19. The second-order valence-electron chi connectivity index (χ2n) is 8.18. The third kappa shape index (κ3) is 4.04. The molecule has 1 amide bonds. The van der Waals surface area contributed by atoms with E-state index in [9.17, 15) is 14.7 Å². The molecular formula is C29H22ClNO4. The van der Waals surface area contributed by atoms with Gasteiger partial charge in [0.1, 0.15) is 11.5 Å². The molecule has 0 saturated carbocycles. The van der Waals surface area contributed by atoms with Crippen molar-refractivity contribution in [3.63, 3.8) is 0 Å². The highest BCUT2D eigenvalue weighted by Gasteiger charge is 2.47. The van der Waals surface area contributed by atoms with Gasteiger partial charge in [0.25, 0.3) is 11.7 Å². The number of anilines is 1. The van der Waals surface area contributed by atoms with E-state index < -0.39 is 17.7 Å². The van der Waals surface area contributed by atoms with E-state index in [2.05, 4.69) is 0 Å². The van der Waals surface area contributed by atoms with E-state index in [0.717, 1.165) is 16.3 Å². The average molecular weight is 484 g/mol. The maximum atomic E-state index is 13.4. The fraction of sp³-hybridized carbons (Fsp3) is 0.103. The van der Waals surface area contributed by atoms with Crippen molar-refractivity contribution in [2.75, 3.05) is 11.5 Å². The standard InChI is InChI=1S/C29H22ClNO4/c1-2-35-22-13-5-10-19(16-22)27(32)25-26(24-15-6-9-18-8-3-4-14-23(18)24)31(29(34)28(25)33)21-12-7-11-20(30)17-21/h3-17,26,32H,2H2,1H3/b27-25-. The number of carbonyl (C=O) groups excluding carboxylic acids is 2. The van der Waals surface area contributed by atoms with Gasteiger partial charge in [0.05, 0.1) is 18.2 Å². The zero-order chi connectivity index (χ0) is 24.5. The van der Waals surface area contributed by atoms with Crippen molar-refractivity contribution in [1.29, 1.82) is 0 Å². The molecule has 1 aliphatic heterocycles. The molecule has 6 heteroatoms. The highest BCUT2D eigenvalue weighted by molar-refractivity contribution is 6.52. The van der Waals surface area contributed by atoms with Gasteiger partial charge in [-0.1, -0.05) is 72.3 Å². The summed E-state index contributed by atoms with van der Waals surface area (Å²) in [6.07, 6.45) is 0. The summed E-state index contributed by atoms with van der Waals surface area (Å²) >= 11 is 6.24. The first-order valence-electron chi connectivity index (χ1n) is 11.3. The maximum absolute atomic E-state index is 13.4. The van der Waals surface area contributed by atoms with Crippen LogP contribution in [-0.4, -0.2) is 23.4 Å². The third-order valence-corrected chi connectivity index (χ3v) is 6.30. The van der Waals surface area contributed by atoms with Crippen molar-refractivity contribution in [2.45, 2.75) is 13.0 Å². The van der Waals surface area contributed by atoms with Crippen LogP contribution in [0.2, 0.25) is 5.02 Å². The minimum atomic E-state index is -0.852. The van der Waals surface area contributed by atoms with Crippen molar-refractivity contribution in [3.8, 4) is 5.75 Å². The first-order chi connectivity index (χ1) is 17.0. The average Bonchev–Trinajstić information content (AvgIpc) is 3.13. The van der Waals surface area contributed by atoms with Crippen LogP contribution < -0.4 is 9.64 Å². The number of ketones is 1. The fourth-order valence-electron chi connectivity index (χ4n) is 4.56. The van der Waals surface area contributed by atoms with E-state index in [1.54, 1.807) is 48.5 Å². The molecule has 174 valence electrons. The molecule has 1 heterocycles. The molecule has 1 unspecified atom stereocenters. The number of aliphatic hydroxyl groups is 1. The Labute approximate surface area is 207 Å². The van der Waals surface area contributed by atoms with Gasteiger partial charge >= 0.3 is 0 Å². The molecule has 5 rings (SSSR count). The number of Topliss-reactive ketones (excluding diaryl/α,β-unsaturated/α-hetero) is 1. The number of rotatable bonds is 5. The van der Waals surface area contributed by atoms with Gasteiger partial charge in [-0.05, 0) is 53.6 Å². The number of aliphatic hydroxyl groups excluding tert-OH is 1. The fourth-order valence-corrected chi connectivity index (χ4v) is 4.75. The molecule has 4 aromatic rings. The zero-order valence-corrected chi connectivity index (χ0v) is 19.7. The van der Waals surface area contributed by atoms with Gasteiger partial charge < -0.3 is 9.84 Å². The van der Waals surface area contributed by atoms with E-state index in [4.69, 9.17) is 16.3 Å². The number of amides is 1. The minimum Gasteiger partial charge on any atom is -0.507 e. The minimum absolute atomic E-state index is 0.0139. The monoisotopic (exact) mass is 483 g/mol. The van der Waals surface area contributed by atoms with Crippen LogP contribution in [-0.2, 0) is 9.59 Å². The summed E-state index contributed by atoms with van der Waals surface area (Å²) in [6, 6.07) is 26.3. The Morgan fingerprint density at radius 1 is 0.943 bits per heavy atom. The van der Waals surface area contributed by atoms with Crippen LogP contribution in [0.1, 0.15) is 24.1 Å². The van der Waals surface area contributed by atoms with Crippen LogP contribution in [0.15, 0.2) is 96.6 Å². The van der Waals surface area contributed by atoms with Gasteiger partial charge in [0.15, 0.2) is 0 Å². The lowest BCUT2D eigenvalue weighted by atomic mass is 9.91. The Hall–Kier alpha value is -4.09. The molecule has 0 aromatic heterocycles. The second-order valence-corrected chi connectivity index (χ2v) is 8.61. The van der Waals surface area contributed by atoms with Gasteiger partial charge in [-0.3, -0.25) is 14.5 Å². The maximum Gasteiger partial charge on any atom is 0.300 e. The van der Waals surface area contributed by atoms with Crippen LogP contribution >= 0.6 is 11.6 Å². The van der Waals surface area contributed by atoms with Gasteiger partial charge in [-0.2, -0.15) is 0 Å². The van der Waals surface area contributed by atoms with Crippen LogP contribution in [0.4, 0.5) is 5.69 Å². The Kier molecular flexibility index (Phi) is 6.01. The van der Waals surface area contributed by atoms with Crippen LogP contribution in [0, 0.1) is 0 Å². The number of hydrogen-bond donors (Lipinski definition) is 1. The topological polar surface area (TPSA) is 66.8 Å². The summed E-state index contributed by atoms with van der Waals surface area (Å²) in [5, 5.41) is 13.7. The first kappa shape index (κ1) is 22.7. The van der Waals surface area contributed by atoms with E-state index in [-0.39, 0.29) is 11.3 Å². The SMILES string of the molecule is CCOc1cccc(/C(O)=C2/C(=O)C(=O)N(c3cccc(Cl)c3)C2c2cccc3ccccc23)c1. The predicted octanol–water partition coefficient (Wildman–Crippen LogP) is 6.52. The van der Waals surface area contributed by atoms with Crippen molar-refractivity contribution in [2.24, 2.45) is 0 Å². The molecule has 35 heavy (non-hydrogen) atoms. The first-order valence-corrected chi connectivity index (χ1v) is 11.6. The zero-order valence-electron chi connectivity index (χ0n) is 18.9. The molecule has 1 aliphatic rings. The number of benzene rings is 4. The van der Waals surface area contributed by atoms with E-state index in [0.29, 0.717) is 28.6 Å². The number of ether oxygens (including phenoxy) is 1. The number of halogens is 1. The smallest absolute Gasteiger partial charge is 0.300 e. The van der Waals surface area contributed by atoms with Crippen molar-refractivity contribution in [3.05, 3.63) is 113 Å².